The topological polar surface area (TPSA) is 32.3 Å². The van der Waals surface area contributed by atoms with Crippen LogP contribution in [0.1, 0.15) is 56.7 Å². The van der Waals surface area contributed by atoms with Gasteiger partial charge < -0.3 is 10.2 Å². The highest BCUT2D eigenvalue weighted by Gasteiger charge is 2.42. The van der Waals surface area contributed by atoms with E-state index in [9.17, 15) is 4.79 Å². The Kier molecular flexibility index (Phi) is 5.04. The summed E-state index contributed by atoms with van der Waals surface area (Å²) >= 11 is 0. The molecule has 1 N–H and O–H groups in total. The van der Waals surface area contributed by atoms with E-state index < -0.39 is 0 Å². The van der Waals surface area contributed by atoms with Gasteiger partial charge in [0.2, 0.25) is 5.91 Å². The minimum Gasteiger partial charge on any atom is -0.337 e. The zero-order valence-corrected chi connectivity index (χ0v) is 13.8. The molecule has 0 aromatic heterocycles. The third-order valence-corrected chi connectivity index (χ3v) is 4.79. The van der Waals surface area contributed by atoms with Crippen molar-refractivity contribution in [2.24, 2.45) is 0 Å². The quantitative estimate of drug-likeness (QED) is 0.900. The van der Waals surface area contributed by atoms with Crippen LogP contribution in [0.3, 0.4) is 0 Å². The maximum atomic E-state index is 13.0. The molecule has 2 atom stereocenters. The number of benzene rings is 1. The number of aryl methyl sites for hydroxylation is 1. The average Bonchev–Trinajstić information content (AvgIpc) is 2.96. The molecule has 3 nitrogen and oxygen atoms in total. The van der Waals surface area contributed by atoms with Crippen molar-refractivity contribution in [1.29, 1.82) is 0 Å². The molecule has 0 saturated carbocycles. The highest BCUT2D eigenvalue weighted by molar-refractivity contribution is 5.87. The van der Waals surface area contributed by atoms with E-state index in [4.69, 9.17) is 0 Å². The lowest BCUT2D eigenvalue weighted by Gasteiger charge is -2.36. The lowest BCUT2D eigenvalue weighted by atomic mass is 9.89. The Morgan fingerprint density at radius 1 is 1.38 bits per heavy atom. The summed E-state index contributed by atoms with van der Waals surface area (Å²) in [5.74, 6) is 0.245. The lowest BCUT2D eigenvalue weighted by Crippen LogP contribution is -2.54. The van der Waals surface area contributed by atoms with Crippen molar-refractivity contribution >= 4 is 5.91 Å². The van der Waals surface area contributed by atoms with Gasteiger partial charge in [0, 0.05) is 7.05 Å². The average molecular weight is 288 g/mol. The van der Waals surface area contributed by atoms with Crippen LogP contribution in [0.5, 0.6) is 0 Å². The third kappa shape index (κ3) is 3.29. The molecule has 0 spiro atoms. The number of carbonyl (C=O) groups is 1. The number of nitrogens with zero attached hydrogens (tertiary/aromatic N) is 1. The van der Waals surface area contributed by atoms with Crippen LogP contribution in [0, 0.1) is 6.92 Å². The lowest BCUT2D eigenvalue weighted by molar-refractivity contribution is -0.138. The highest BCUT2D eigenvalue weighted by Crippen LogP contribution is 2.30. The van der Waals surface area contributed by atoms with Crippen LogP contribution < -0.4 is 5.32 Å². The molecular weight excluding hydrogens is 260 g/mol. The number of nitrogens with one attached hydrogen (secondary N) is 1. The largest absolute Gasteiger partial charge is 0.337 e. The second-order valence-corrected chi connectivity index (χ2v) is 6.37. The fourth-order valence-electron chi connectivity index (χ4n) is 3.32. The van der Waals surface area contributed by atoms with Gasteiger partial charge in [0.1, 0.15) is 0 Å². The van der Waals surface area contributed by atoms with Gasteiger partial charge in [-0.25, -0.2) is 0 Å². The Bertz CT molecular complexity index is 474. The van der Waals surface area contributed by atoms with Crippen LogP contribution in [0.15, 0.2) is 24.3 Å². The summed E-state index contributed by atoms with van der Waals surface area (Å²) < 4.78 is 0. The Hall–Kier alpha value is -1.35. The van der Waals surface area contributed by atoms with Crippen molar-refractivity contribution in [2.75, 3.05) is 13.6 Å². The molecule has 21 heavy (non-hydrogen) atoms. The zero-order chi connectivity index (χ0) is 15.5. The normalized spacial score (nSPS) is 23.0. The Labute approximate surface area is 128 Å². The van der Waals surface area contributed by atoms with Crippen LogP contribution in [0.2, 0.25) is 0 Å². The number of carbonyl (C=O) groups excluding carboxylic acids is 1. The summed E-state index contributed by atoms with van der Waals surface area (Å²) in [6.45, 7) is 7.30. The van der Waals surface area contributed by atoms with Gasteiger partial charge in [-0.3, -0.25) is 4.79 Å². The van der Waals surface area contributed by atoms with Gasteiger partial charge in [-0.15, -0.1) is 0 Å². The molecule has 3 heteroatoms. The zero-order valence-electron chi connectivity index (χ0n) is 13.8. The van der Waals surface area contributed by atoms with Gasteiger partial charge in [0.15, 0.2) is 0 Å². The van der Waals surface area contributed by atoms with E-state index in [-0.39, 0.29) is 17.5 Å². The van der Waals surface area contributed by atoms with Crippen molar-refractivity contribution in [1.82, 2.24) is 10.2 Å². The fraction of sp³-hybridized carbons (Fsp3) is 0.611. The molecule has 1 aliphatic rings. The van der Waals surface area contributed by atoms with Gasteiger partial charge in [-0.1, -0.05) is 43.2 Å². The summed E-state index contributed by atoms with van der Waals surface area (Å²) in [6, 6.07) is 8.57. The molecule has 1 fully saturated rings. The van der Waals surface area contributed by atoms with Gasteiger partial charge >= 0.3 is 0 Å². The SMILES string of the molecule is CCCC1(C(=O)N(C)C(C)c2ccc(C)cc2)CCCN1. The van der Waals surface area contributed by atoms with E-state index in [0.717, 1.165) is 32.2 Å². The molecule has 2 rings (SSSR count). The molecular formula is C18H28N2O. The Balaban J connectivity index is 2.15. The van der Waals surface area contributed by atoms with Crippen LogP contribution in [0.25, 0.3) is 0 Å². The molecule has 0 radical (unpaired) electrons. The molecule has 2 unspecified atom stereocenters. The fourth-order valence-corrected chi connectivity index (χ4v) is 3.32. The summed E-state index contributed by atoms with van der Waals surface area (Å²) in [6.07, 6.45) is 4.02. The maximum Gasteiger partial charge on any atom is 0.243 e. The van der Waals surface area contributed by atoms with Crippen molar-refractivity contribution in [3.8, 4) is 0 Å². The monoisotopic (exact) mass is 288 g/mol. The standard InChI is InChI=1S/C18H28N2O/c1-5-11-18(12-6-13-19-18)17(21)20(4)15(3)16-9-7-14(2)8-10-16/h7-10,15,19H,5-6,11-13H2,1-4H3. The summed E-state index contributed by atoms with van der Waals surface area (Å²) in [4.78, 5) is 14.9. The van der Waals surface area contributed by atoms with Gasteiger partial charge in [-0.05, 0) is 45.2 Å². The Morgan fingerprint density at radius 3 is 2.57 bits per heavy atom. The molecule has 1 amide bonds. The van der Waals surface area contributed by atoms with E-state index in [1.165, 1.54) is 11.1 Å². The molecule has 1 aromatic carbocycles. The molecule has 1 saturated heterocycles. The first-order chi connectivity index (χ1) is 10.00. The molecule has 1 aromatic rings. The number of amides is 1. The molecule has 1 heterocycles. The van der Waals surface area contributed by atoms with Crippen molar-refractivity contribution in [3.63, 3.8) is 0 Å². The first-order valence-corrected chi connectivity index (χ1v) is 8.09. The number of hydrogen-bond acceptors (Lipinski definition) is 2. The predicted molar refractivity (Wildman–Crippen MR) is 87.2 cm³/mol. The van der Waals surface area contributed by atoms with Gasteiger partial charge in [0.05, 0.1) is 11.6 Å². The predicted octanol–water partition coefficient (Wildman–Crippen LogP) is 3.44. The van der Waals surface area contributed by atoms with E-state index >= 15 is 0 Å². The summed E-state index contributed by atoms with van der Waals surface area (Å²) in [7, 11) is 1.93. The first kappa shape index (κ1) is 16.0. The van der Waals surface area contributed by atoms with Crippen LogP contribution >= 0.6 is 0 Å². The van der Waals surface area contributed by atoms with Crippen LogP contribution in [-0.2, 0) is 4.79 Å². The van der Waals surface area contributed by atoms with Crippen molar-refractivity contribution in [2.45, 2.75) is 58.0 Å². The minimum atomic E-state index is -0.331. The van der Waals surface area contributed by atoms with E-state index in [2.05, 4.69) is 50.4 Å². The van der Waals surface area contributed by atoms with Crippen molar-refractivity contribution in [3.05, 3.63) is 35.4 Å². The second kappa shape index (κ2) is 6.61. The Morgan fingerprint density at radius 2 is 2.05 bits per heavy atom. The molecule has 0 bridgehead atoms. The molecule has 1 aliphatic heterocycles. The first-order valence-electron chi connectivity index (χ1n) is 8.09. The third-order valence-electron chi connectivity index (χ3n) is 4.79. The van der Waals surface area contributed by atoms with Gasteiger partial charge in [0.25, 0.3) is 0 Å². The summed E-state index contributed by atoms with van der Waals surface area (Å²) in [5, 5.41) is 3.48. The highest BCUT2D eigenvalue weighted by atomic mass is 16.2. The molecule has 116 valence electrons. The number of likely N-dealkylation sites (N-methyl/N-ethyl adjacent to an activating group) is 1. The van der Waals surface area contributed by atoms with Crippen LogP contribution in [-0.4, -0.2) is 29.9 Å². The van der Waals surface area contributed by atoms with E-state index in [0.29, 0.717) is 0 Å². The van der Waals surface area contributed by atoms with Crippen molar-refractivity contribution < 1.29 is 4.79 Å². The second-order valence-electron chi connectivity index (χ2n) is 6.37. The number of hydrogen-bond donors (Lipinski definition) is 1. The van der Waals surface area contributed by atoms with Gasteiger partial charge in [-0.2, -0.15) is 0 Å². The van der Waals surface area contributed by atoms with Crippen LogP contribution in [0.4, 0.5) is 0 Å². The van der Waals surface area contributed by atoms with E-state index in [1.807, 2.05) is 11.9 Å². The minimum absolute atomic E-state index is 0.106. The number of rotatable bonds is 5. The smallest absolute Gasteiger partial charge is 0.243 e. The van der Waals surface area contributed by atoms with E-state index in [1.54, 1.807) is 0 Å². The summed E-state index contributed by atoms with van der Waals surface area (Å²) in [5.41, 5.74) is 2.11. The molecule has 0 aliphatic carbocycles. The maximum absolute atomic E-state index is 13.0.